The zero-order valence-electron chi connectivity index (χ0n) is 2.83. The summed E-state index contributed by atoms with van der Waals surface area (Å²) in [4.78, 5) is 0. The van der Waals surface area contributed by atoms with Gasteiger partial charge in [-0.2, -0.15) is 0 Å². The smallest absolute Gasteiger partial charge is 0.344 e. The molecule has 0 atom stereocenters. The van der Waals surface area contributed by atoms with E-state index in [2.05, 4.69) is 0 Å². The number of rotatable bonds is 0. The predicted molar refractivity (Wildman–Crippen MR) is 21.6 cm³/mol. The second kappa shape index (κ2) is 18.0. The largest absolute Gasteiger partial charge is 2.00 e. The van der Waals surface area contributed by atoms with E-state index in [1.54, 1.807) is 0 Å². The fourth-order valence-corrected chi connectivity index (χ4v) is 0. The van der Waals surface area contributed by atoms with Gasteiger partial charge < -0.3 is 12.3 Å². The Kier molecular flexibility index (Phi) is 144. The van der Waals surface area contributed by atoms with Crippen molar-refractivity contribution in [1.29, 1.82) is 0 Å². The summed E-state index contributed by atoms with van der Waals surface area (Å²) in [6, 6.07) is 0. The molecule has 0 radical (unpaired) electrons. The molecule has 0 aromatic rings. The third-order valence-electron chi connectivity index (χ3n) is 0. The molecule has 0 saturated carbocycles. The van der Waals surface area contributed by atoms with Crippen LogP contribution in [0.2, 0.25) is 0 Å². The summed E-state index contributed by atoms with van der Waals surface area (Å²) in [6.07, 6.45) is 0. The molecule has 0 spiro atoms. The van der Waals surface area contributed by atoms with Crippen LogP contribution in [0.5, 0.6) is 0 Å². The molecule has 0 rings (SSSR count). The van der Waals surface area contributed by atoms with E-state index in [-0.39, 0.29) is 87.8 Å². The van der Waals surface area contributed by atoms with E-state index in [9.17, 15) is 0 Å². The molecule has 0 aliphatic carbocycles. The van der Waals surface area contributed by atoms with Gasteiger partial charge in [-0.05, 0) is 0 Å². The standard InChI is InChI=1S/2Ca.2H3N/h;;2*1H3/q2*+2;;. The Morgan fingerprint density at radius 3 is 0.500 bits per heavy atom. The zero-order chi connectivity index (χ0) is 0. The van der Waals surface area contributed by atoms with Gasteiger partial charge >= 0.3 is 75.5 Å². The van der Waals surface area contributed by atoms with Crippen molar-refractivity contribution in [2.24, 2.45) is 0 Å². The van der Waals surface area contributed by atoms with Crippen LogP contribution in [-0.2, 0) is 0 Å². The summed E-state index contributed by atoms with van der Waals surface area (Å²) >= 11 is 0. The molecular weight excluding hydrogens is 108 g/mol. The minimum Gasteiger partial charge on any atom is -0.344 e. The van der Waals surface area contributed by atoms with Gasteiger partial charge in [-0.1, -0.05) is 0 Å². The van der Waals surface area contributed by atoms with Crippen molar-refractivity contribution in [2.45, 2.75) is 0 Å². The van der Waals surface area contributed by atoms with Crippen LogP contribution in [0.25, 0.3) is 0 Å². The van der Waals surface area contributed by atoms with Gasteiger partial charge in [0.25, 0.3) is 0 Å². The van der Waals surface area contributed by atoms with Crippen molar-refractivity contribution in [3.8, 4) is 0 Å². The molecule has 0 saturated heterocycles. The minimum absolute atomic E-state index is 0. The summed E-state index contributed by atoms with van der Waals surface area (Å²) in [6.45, 7) is 0. The SMILES string of the molecule is N.N.[Ca+2].[Ca+2]. The first-order valence-corrected chi connectivity index (χ1v) is 0. The van der Waals surface area contributed by atoms with Crippen LogP contribution in [0.1, 0.15) is 0 Å². The molecule has 0 fully saturated rings. The topological polar surface area (TPSA) is 70.0 Å². The summed E-state index contributed by atoms with van der Waals surface area (Å²) in [5.41, 5.74) is 0. The maximum absolute atomic E-state index is 0. The average Bonchev–Trinajstić information content (AvgIpc) is 0. The maximum atomic E-state index is 0. The van der Waals surface area contributed by atoms with Gasteiger partial charge in [-0.15, -0.1) is 0 Å². The summed E-state index contributed by atoms with van der Waals surface area (Å²) in [7, 11) is 0. The van der Waals surface area contributed by atoms with E-state index in [1.165, 1.54) is 0 Å². The van der Waals surface area contributed by atoms with Crippen LogP contribution < -0.4 is 12.3 Å². The molecule has 6 N–H and O–H groups in total. The normalized spacial score (nSPS) is 0. The van der Waals surface area contributed by atoms with Crippen molar-refractivity contribution < 1.29 is 0 Å². The van der Waals surface area contributed by atoms with Gasteiger partial charge in [0, 0.05) is 0 Å². The number of hydrogen-bond donors (Lipinski definition) is 2. The van der Waals surface area contributed by atoms with E-state index >= 15 is 0 Å². The Labute approximate surface area is 85.9 Å². The van der Waals surface area contributed by atoms with Crippen LogP contribution in [0, 0.1) is 0 Å². The average molecular weight is 114 g/mol. The molecule has 2 nitrogen and oxygen atoms in total. The molecule has 0 heterocycles. The van der Waals surface area contributed by atoms with Gasteiger partial charge in [0.1, 0.15) is 0 Å². The third kappa shape index (κ3) is 8.83. The Balaban J connectivity index is 0. The monoisotopic (exact) mass is 114 g/mol. The molecule has 16 valence electrons. The molecule has 0 aromatic carbocycles. The molecule has 0 aliphatic rings. The Bertz CT molecular complexity index is 4.00. The molecule has 4 heavy (non-hydrogen) atoms. The fraction of sp³-hybridized carbons (Fsp3) is 0. The van der Waals surface area contributed by atoms with Crippen LogP contribution in [0.3, 0.4) is 0 Å². The van der Waals surface area contributed by atoms with E-state index < -0.39 is 0 Å². The Morgan fingerprint density at radius 2 is 0.500 bits per heavy atom. The summed E-state index contributed by atoms with van der Waals surface area (Å²) in [5.74, 6) is 0. The molecule has 0 aliphatic heterocycles. The quantitative estimate of drug-likeness (QED) is 0.419. The van der Waals surface area contributed by atoms with Gasteiger partial charge in [0.05, 0.1) is 0 Å². The van der Waals surface area contributed by atoms with Crippen LogP contribution in [0.15, 0.2) is 0 Å². The molecule has 0 amide bonds. The minimum atomic E-state index is 0. The van der Waals surface area contributed by atoms with Crippen molar-refractivity contribution in [3.05, 3.63) is 0 Å². The Morgan fingerprint density at radius 1 is 0.500 bits per heavy atom. The van der Waals surface area contributed by atoms with Gasteiger partial charge in [-0.25, -0.2) is 0 Å². The van der Waals surface area contributed by atoms with E-state index in [0.29, 0.717) is 0 Å². The molecule has 0 unspecified atom stereocenters. The van der Waals surface area contributed by atoms with Crippen molar-refractivity contribution in [1.82, 2.24) is 12.3 Å². The fourth-order valence-electron chi connectivity index (χ4n) is 0. The first-order valence-electron chi connectivity index (χ1n) is 0. The summed E-state index contributed by atoms with van der Waals surface area (Å²) in [5, 5.41) is 0. The van der Waals surface area contributed by atoms with E-state index in [0.717, 1.165) is 0 Å². The molecule has 0 aromatic heterocycles. The third-order valence-corrected chi connectivity index (χ3v) is 0. The van der Waals surface area contributed by atoms with Crippen molar-refractivity contribution in [2.75, 3.05) is 0 Å². The Hall–Kier alpha value is 2.44. The maximum Gasteiger partial charge on any atom is 2.00 e. The number of hydrogen-bond acceptors (Lipinski definition) is 2. The van der Waals surface area contributed by atoms with Gasteiger partial charge in [0.2, 0.25) is 0 Å². The first-order chi connectivity index (χ1) is 0. The molecule has 4 heteroatoms. The van der Waals surface area contributed by atoms with E-state index in [1.807, 2.05) is 0 Å². The van der Waals surface area contributed by atoms with Gasteiger partial charge in [-0.3, -0.25) is 0 Å². The first kappa shape index (κ1) is 32.0. The van der Waals surface area contributed by atoms with Crippen LogP contribution in [0.4, 0.5) is 0 Å². The molecular formula is H6Ca2N2+4. The van der Waals surface area contributed by atoms with Crippen molar-refractivity contribution >= 4 is 75.5 Å². The second-order valence-electron chi connectivity index (χ2n) is 0. The van der Waals surface area contributed by atoms with Crippen LogP contribution >= 0.6 is 0 Å². The predicted octanol–water partition coefficient (Wildman–Crippen LogP) is -0.438. The van der Waals surface area contributed by atoms with Gasteiger partial charge in [0.15, 0.2) is 0 Å². The summed E-state index contributed by atoms with van der Waals surface area (Å²) < 4.78 is 0. The second-order valence-corrected chi connectivity index (χ2v) is 0. The molecule has 0 bridgehead atoms. The zero-order valence-corrected chi connectivity index (χ0v) is 7.25. The van der Waals surface area contributed by atoms with Crippen LogP contribution in [-0.4, -0.2) is 75.5 Å². The van der Waals surface area contributed by atoms with Crippen molar-refractivity contribution in [3.63, 3.8) is 0 Å². The van der Waals surface area contributed by atoms with E-state index in [4.69, 9.17) is 0 Å².